The van der Waals surface area contributed by atoms with Crippen molar-refractivity contribution in [3.63, 3.8) is 0 Å². The lowest BCUT2D eigenvalue weighted by atomic mass is 10.2. The minimum Gasteiger partial charge on any atom is -0.422 e. The van der Waals surface area contributed by atoms with Gasteiger partial charge in [0.05, 0.1) is 16.8 Å². The first-order chi connectivity index (χ1) is 15.8. The zero-order valence-corrected chi connectivity index (χ0v) is 17.7. The van der Waals surface area contributed by atoms with E-state index in [1.807, 2.05) is 0 Å². The Morgan fingerprint density at radius 3 is 2.24 bits per heavy atom. The maximum atomic E-state index is 12.4. The van der Waals surface area contributed by atoms with E-state index in [1.165, 1.54) is 36.5 Å². The molecule has 0 spiro atoms. The zero-order valence-electron chi connectivity index (χ0n) is 16.9. The molecule has 0 aliphatic carbocycles. The van der Waals surface area contributed by atoms with Crippen molar-refractivity contribution >= 4 is 47.2 Å². The molecule has 0 aliphatic rings. The van der Waals surface area contributed by atoms with Crippen molar-refractivity contribution in [2.45, 2.75) is 0 Å². The second-order valence-corrected chi connectivity index (χ2v) is 6.91. The summed E-state index contributed by atoms with van der Waals surface area (Å²) in [6.07, 6.45) is 1.22. The lowest BCUT2D eigenvalue weighted by Gasteiger charge is -2.08. The van der Waals surface area contributed by atoms with Crippen molar-refractivity contribution in [1.82, 2.24) is 5.43 Å². The normalized spacial score (nSPS) is 10.5. The summed E-state index contributed by atoms with van der Waals surface area (Å²) >= 11 is 6.02. The molecule has 0 radical (unpaired) electrons. The van der Waals surface area contributed by atoms with Gasteiger partial charge in [-0.1, -0.05) is 35.9 Å². The van der Waals surface area contributed by atoms with Crippen molar-refractivity contribution in [3.8, 4) is 5.75 Å². The molecule has 0 aliphatic heterocycles. The summed E-state index contributed by atoms with van der Waals surface area (Å²) in [6, 6.07) is 18.6. The number of ether oxygens (including phenoxy) is 1. The number of amides is 3. The van der Waals surface area contributed by atoms with Crippen LogP contribution in [0, 0.1) is 0 Å². The molecule has 3 aromatic carbocycles. The molecular weight excluding hydrogens is 448 g/mol. The molecule has 0 heterocycles. The van der Waals surface area contributed by atoms with E-state index in [0.717, 1.165) is 0 Å². The monoisotopic (exact) mass is 464 g/mol. The molecule has 4 N–H and O–H groups in total. The van der Waals surface area contributed by atoms with E-state index in [4.69, 9.17) is 22.1 Å². The molecule has 0 fully saturated rings. The van der Waals surface area contributed by atoms with Crippen molar-refractivity contribution in [1.29, 1.82) is 0 Å². The number of benzene rings is 3. The number of nitrogens with zero attached hydrogens (tertiary/aromatic N) is 1. The summed E-state index contributed by atoms with van der Waals surface area (Å²) in [6.45, 7) is 0. The average Bonchev–Trinajstić information content (AvgIpc) is 2.80. The predicted molar refractivity (Wildman–Crippen MR) is 122 cm³/mol. The van der Waals surface area contributed by atoms with Crippen LogP contribution < -0.4 is 21.2 Å². The Bertz CT molecular complexity index is 1240. The number of carbonyl (C=O) groups is 4. The maximum Gasteiger partial charge on any atom is 0.345 e. The van der Waals surface area contributed by atoms with E-state index in [9.17, 15) is 19.2 Å². The highest BCUT2D eigenvalue weighted by molar-refractivity contribution is 6.39. The van der Waals surface area contributed by atoms with Crippen LogP contribution in [0.5, 0.6) is 5.75 Å². The van der Waals surface area contributed by atoms with Crippen LogP contribution >= 0.6 is 11.6 Å². The molecule has 3 rings (SSSR count). The van der Waals surface area contributed by atoms with Crippen LogP contribution in [0.3, 0.4) is 0 Å². The van der Waals surface area contributed by atoms with Crippen LogP contribution in [0.25, 0.3) is 0 Å². The smallest absolute Gasteiger partial charge is 0.345 e. The molecule has 3 aromatic rings. The maximum absolute atomic E-state index is 12.4. The van der Waals surface area contributed by atoms with Crippen LogP contribution in [-0.2, 0) is 9.59 Å². The van der Waals surface area contributed by atoms with Gasteiger partial charge in [-0.2, -0.15) is 5.10 Å². The highest BCUT2D eigenvalue weighted by Gasteiger charge is 2.15. The highest BCUT2D eigenvalue weighted by Crippen LogP contribution is 2.21. The molecule has 33 heavy (non-hydrogen) atoms. The van der Waals surface area contributed by atoms with Gasteiger partial charge < -0.3 is 15.8 Å². The van der Waals surface area contributed by atoms with Crippen LogP contribution in [0.15, 0.2) is 77.9 Å². The largest absolute Gasteiger partial charge is 0.422 e. The van der Waals surface area contributed by atoms with Gasteiger partial charge in [-0.3, -0.25) is 14.4 Å². The summed E-state index contributed by atoms with van der Waals surface area (Å²) in [5, 5.41) is 6.34. The van der Waals surface area contributed by atoms with Crippen molar-refractivity contribution in [2.24, 2.45) is 10.8 Å². The second-order valence-electron chi connectivity index (χ2n) is 6.50. The van der Waals surface area contributed by atoms with Crippen molar-refractivity contribution < 1.29 is 23.9 Å². The third kappa shape index (κ3) is 6.25. The van der Waals surface area contributed by atoms with Crippen LogP contribution in [0.2, 0.25) is 5.02 Å². The lowest BCUT2D eigenvalue weighted by Crippen LogP contribution is -2.32. The molecule has 0 unspecified atom stereocenters. The Hall–Kier alpha value is -4.50. The fourth-order valence-corrected chi connectivity index (χ4v) is 2.79. The Morgan fingerprint density at radius 1 is 0.879 bits per heavy atom. The Morgan fingerprint density at radius 2 is 1.55 bits per heavy atom. The number of nitrogens with two attached hydrogens (primary N) is 1. The summed E-state index contributed by atoms with van der Waals surface area (Å²) in [4.78, 5) is 47.5. The lowest BCUT2D eigenvalue weighted by molar-refractivity contribution is -0.136. The number of hydrogen-bond acceptors (Lipinski definition) is 6. The van der Waals surface area contributed by atoms with Crippen LogP contribution in [-0.4, -0.2) is 29.9 Å². The summed E-state index contributed by atoms with van der Waals surface area (Å²) in [5.41, 5.74) is 8.36. The fourth-order valence-electron chi connectivity index (χ4n) is 2.58. The number of anilines is 1. The number of halogens is 1. The number of rotatable bonds is 6. The first kappa shape index (κ1) is 23.2. The Labute approximate surface area is 193 Å². The summed E-state index contributed by atoms with van der Waals surface area (Å²) in [7, 11) is 0. The average molecular weight is 465 g/mol. The SMILES string of the molecule is NC(=O)c1ccc(NC(=O)C(=O)NN=Cc2ccccc2OC(=O)c2ccccc2Cl)cc1. The van der Waals surface area contributed by atoms with E-state index in [2.05, 4.69) is 15.8 Å². The molecule has 9 nitrogen and oxygen atoms in total. The first-order valence-corrected chi connectivity index (χ1v) is 9.83. The second kappa shape index (κ2) is 10.7. The highest BCUT2D eigenvalue weighted by atomic mass is 35.5. The van der Waals surface area contributed by atoms with Gasteiger partial charge in [-0.25, -0.2) is 10.2 Å². The van der Waals surface area contributed by atoms with Gasteiger partial charge in [0.2, 0.25) is 5.91 Å². The minimum absolute atomic E-state index is 0.180. The van der Waals surface area contributed by atoms with E-state index in [-0.39, 0.29) is 21.9 Å². The topological polar surface area (TPSA) is 140 Å². The first-order valence-electron chi connectivity index (χ1n) is 9.45. The molecule has 3 amide bonds. The van der Waals surface area contributed by atoms with Gasteiger partial charge in [-0.15, -0.1) is 0 Å². The number of hydrogen-bond donors (Lipinski definition) is 3. The molecule has 0 aromatic heterocycles. The summed E-state index contributed by atoms with van der Waals surface area (Å²) in [5.74, 6) is -3.10. The molecule has 0 bridgehead atoms. The molecule has 0 saturated heterocycles. The van der Waals surface area contributed by atoms with Crippen molar-refractivity contribution in [2.75, 3.05) is 5.32 Å². The number of primary amides is 1. The van der Waals surface area contributed by atoms with Crippen LogP contribution in [0.1, 0.15) is 26.3 Å². The Balaban J connectivity index is 1.61. The number of hydrazone groups is 1. The van der Waals surface area contributed by atoms with E-state index in [1.54, 1.807) is 42.5 Å². The summed E-state index contributed by atoms with van der Waals surface area (Å²) < 4.78 is 5.38. The number of esters is 1. The van der Waals surface area contributed by atoms with Gasteiger partial charge in [0.15, 0.2) is 0 Å². The van der Waals surface area contributed by atoms with E-state index < -0.39 is 23.7 Å². The van der Waals surface area contributed by atoms with Crippen molar-refractivity contribution in [3.05, 3.63) is 94.5 Å². The standard InChI is InChI=1S/C23H17ClN4O5/c24-18-7-3-2-6-17(18)23(32)33-19-8-4-1-5-15(19)13-26-28-22(31)21(30)27-16-11-9-14(10-12-16)20(25)29/h1-13H,(H2,25,29)(H,27,30)(H,28,31). The van der Waals surface area contributed by atoms with Gasteiger partial charge in [0, 0.05) is 16.8 Å². The van der Waals surface area contributed by atoms with Gasteiger partial charge in [-0.05, 0) is 48.5 Å². The molecule has 166 valence electrons. The minimum atomic E-state index is -1.03. The zero-order chi connectivity index (χ0) is 23.8. The number of nitrogens with one attached hydrogen (secondary N) is 2. The van der Waals surface area contributed by atoms with Gasteiger partial charge in [0.1, 0.15) is 5.75 Å². The fraction of sp³-hybridized carbons (Fsp3) is 0. The van der Waals surface area contributed by atoms with Crippen LogP contribution in [0.4, 0.5) is 5.69 Å². The molecule has 0 atom stereocenters. The van der Waals surface area contributed by atoms with E-state index in [0.29, 0.717) is 11.3 Å². The number of carbonyl (C=O) groups excluding carboxylic acids is 4. The number of para-hydroxylation sites is 1. The predicted octanol–water partition coefficient (Wildman–Crippen LogP) is 2.75. The van der Waals surface area contributed by atoms with E-state index >= 15 is 0 Å². The third-order valence-corrected chi connectivity index (χ3v) is 4.55. The van der Waals surface area contributed by atoms with Gasteiger partial charge >= 0.3 is 17.8 Å². The third-order valence-electron chi connectivity index (χ3n) is 4.22. The quantitative estimate of drug-likeness (QED) is 0.169. The molecule has 10 heteroatoms. The Kier molecular flexibility index (Phi) is 7.51. The molecular formula is C23H17ClN4O5. The molecule has 0 saturated carbocycles. The van der Waals surface area contributed by atoms with Gasteiger partial charge in [0.25, 0.3) is 0 Å².